The number of hydrogen-bond acceptors (Lipinski definition) is 4. The number of anilines is 1. The third-order valence-electron chi connectivity index (χ3n) is 4.65. The molecule has 3 atom stereocenters. The predicted molar refractivity (Wildman–Crippen MR) is 85.8 cm³/mol. The average Bonchev–Trinajstić information content (AvgIpc) is 2.94. The van der Waals surface area contributed by atoms with Crippen LogP contribution in [0, 0.1) is 11.8 Å². The molecule has 128 valence electrons. The molecule has 0 aromatic heterocycles. The molecule has 3 rings (SSSR count). The quantitative estimate of drug-likeness (QED) is 0.891. The lowest BCUT2D eigenvalue weighted by molar-refractivity contribution is -0.142. The van der Waals surface area contributed by atoms with Gasteiger partial charge in [-0.25, -0.2) is 0 Å². The number of para-hydroxylation sites is 2. The monoisotopic (exact) mass is 332 g/mol. The minimum Gasteiger partial charge on any atom is -0.481 e. The van der Waals surface area contributed by atoms with E-state index >= 15 is 0 Å². The van der Waals surface area contributed by atoms with Gasteiger partial charge in [-0.1, -0.05) is 19.1 Å². The lowest BCUT2D eigenvalue weighted by Crippen LogP contribution is -2.49. The molecule has 7 nitrogen and oxygen atoms in total. The normalized spacial score (nSPS) is 26.1. The van der Waals surface area contributed by atoms with E-state index in [1.54, 1.807) is 31.2 Å². The van der Waals surface area contributed by atoms with E-state index in [4.69, 9.17) is 4.74 Å². The van der Waals surface area contributed by atoms with Gasteiger partial charge in [0.25, 0.3) is 5.91 Å². The number of rotatable bonds is 3. The van der Waals surface area contributed by atoms with Crippen LogP contribution in [0.4, 0.5) is 5.69 Å². The molecule has 1 unspecified atom stereocenters. The molecular weight excluding hydrogens is 312 g/mol. The second kappa shape index (κ2) is 6.14. The van der Waals surface area contributed by atoms with Crippen molar-refractivity contribution in [3.05, 3.63) is 24.3 Å². The number of carboxylic acids is 1. The highest BCUT2D eigenvalue weighted by Crippen LogP contribution is 2.33. The van der Waals surface area contributed by atoms with E-state index in [0.29, 0.717) is 18.0 Å². The second-order valence-electron chi connectivity index (χ2n) is 6.37. The molecule has 2 aliphatic rings. The summed E-state index contributed by atoms with van der Waals surface area (Å²) in [6.07, 6.45) is -0.656. The fourth-order valence-electron chi connectivity index (χ4n) is 3.25. The van der Waals surface area contributed by atoms with Crippen LogP contribution in [0.15, 0.2) is 24.3 Å². The van der Waals surface area contributed by atoms with Gasteiger partial charge in [-0.3, -0.25) is 19.3 Å². The van der Waals surface area contributed by atoms with Gasteiger partial charge < -0.3 is 14.7 Å². The van der Waals surface area contributed by atoms with Crippen molar-refractivity contribution in [2.45, 2.75) is 20.0 Å². The summed E-state index contributed by atoms with van der Waals surface area (Å²) in [7, 11) is 0. The van der Waals surface area contributed by atoms with Crippen molar-refractivity contribution in [2.75, 3.05) is 24.5 Å². The number of likely N-dealkylation sites (tertiary alicyclic amines) is 1. The highest BCUT2D eigenvalue weighted by Gasteiger charge is 2.39. The van der Waals surface area contributed by atoms with Crippen LogP contribution >= 0.6 is 0 Å². The number of carbonyl (C=O) groups is 3. The van der Waals surface area contributed by atoms with Crippen molar-refractivity contribution in [1.82, 2.24) is 4.90 Å². The maximum atomic E-state index is 12.6. The van der Waals surface area contributed by atoms with Crippen LogP contribution in [0.25, 0.3) is 0 Å². The molecule has 1 fully saturated rings. The van der Waals surface area contributed by atoms with E-state index in [1.807, 2.05) is 6.92 Å². The Labute approximate surface area is 139 Å². The molecule has 0 spiro atoms. The largest absolute Gasteiger partial charge is 0.481 e. The van der Waals surface area contributed by atoms with Gasteiger partial charge in [0.15, 0.2) is 6.10 Å². The van der Waals surface area contributed by atoms with E-state index in [-0.39, 0.29) is 30.8 Å². The Kier molecular flexibility index (Phi) is 4.17. The number of carbonyl (C=O) groups excluding carboxylic acids is 2. The van der Waals surface area contributed by atoms with Gasteiger partial charge in [0.2, 0.25) is 5.91 Å². The molecule has 2 amide bonds. The molecule has 0 radical (unpaired) electrons. The molecule has 0 bridgehead atoms. The number of nitrogens with zero attached hydrogens (tertiary/aromatic N) is 2. The highest BCUT2D eigenvalue weighted by molar-refractivity contribution is 6.03. The predicted octanol–water partition coefficient (Wildman–Crippen LogP) is 0.980. The van der Waals surface area contributed by atoms with Crippen molar-refractivity contribution in [1.29, 1.82) is 0 Å². The minimum atomic E-state index is -0.890. The number of hydrogen-bond donors (Lipinski definition) is 1. The first-order chi connectivity index (χ1) is 11.4. The van der Waals surface area contributed by atoms with E-state index < -0.39 is 18.0 Å². The zero-order valence-corrected chi connectivity index (χ0v) is 13.6. The summed E-state index contributed by atoms with van der Waals surface area (Å²) in [6.45, 7) is 3.94. The Morgan fingerprint density at radius 1 is 1.25 bits per heavy atom. The van der Waals surface area contributed by atoms with Crippen LogP contribution in [0.5, 0.6) is 5.75 Å². The first-order valence-corrected chi connectivity index (χ1v) is 7.96. The van der Waals surface area contributed by atoms with Gasteiger partial charge in [-0.15, -0.1) is 0 Å². The Morgan fingerprint density at radius 3 is 2.62 bits per heavy atom. The lowest BCUT2D eigenvalue weighted by Gasteiger charge is -2.33. The van der Waals surface area contributed by atoms with Crippen LogP contribution in [0.3, 0.4) is 0 Å². The maximum absolute atomic E-state index is 12.6. The van der Waals surface area contributed by atoms with Crippen molar-refractivity contribution in [2.24, 2.45) is 11.8 Å². The third-order valence-corrected chi connectivity index (χ3v) is 4.65. The minimum absolute atomic E-state index is 0.0990. The Balaban J connectivity index is 1.77. The Morgan fingerprint density at radius 2 is 1.96 bits per heavy atom. The van der Waals surface area contributed by atoms with Crippen LogP contribution in [0.1, 0.15) is 13.8 Å². The Hall–Kier alpha value is -2.57. The van der Waals surface area contributed by atoms with E-state index in [2.05, 4.69) is 0 Å². The summed E-state index contributed by atoms with van der Waals surface area (Å²) in [5, 5.41) is 9.19. The lowest BCUT2D eigenvalue weighted by atomic mass is 9.99. The number of amides is 2. The van der Waals surface area contributed by atoms with Gasteiger partial charge in [0.05, 0.1) is 11.6 Å². The zero-order chi connectivity index (χ0) is 17.4. The molecule has 2 aliphatic heterocycles. The molecule has 1 N–H and O–H groups in total. The van der Waals surface area contributed by atoms with Crippen LogP contribution < -0.4 is 9.64 Å². The summed E-state index contributed by atoms with van der Waals surface area (Å²) in [4.78, 5) is 39.2. The fraction of sp³-hybridized carbons (Fsp3) is 0.471. The first-order valence-electron chi connectivity index (χ1n) is 7.96. The number of fused-ring (bicyclic) bond motifs is 1. The zero-order valence-electron chi connectivity index (χ0n) is 13.6. The summed E-state index contributed by atoms with van der Waals surface area (Å²) in [5.41, 5.74) is 0.566. The van der Waals surface area contributed by atoms with Crippen molar-refractivity contribution >= 4 is 23.5 Å². The van der Waals surface area contributed by atoms with Gasteiger partial charge in [-0.2, -0.15) is 0 Å². The molecule has 24 heavy (non-hydrogen) atoms. The van der Waals surface area contributed by atoms with E-state index in [9.17, 15) is 19.5 Å². The van der Waals surface area contributed by atoms with Crippen LogP contribution in [-0.2, 0) is 14.4 Å². The highest BCUT2D eigenvalue weighted by atomic mass is 16.5. The van der Waals surface area contributed by atoms with E-state index in [0.717, 1.165) is 0 Å². The summed E-state index contributed by atoms with van der Waals surface area (Å²) < 4.78 is 5.55. The molecule has 1 aromatic rings. The number of benzene rings is 1. The van der Waals surface area contributed by atoms with Crippen LogP contribution in [-0.4, -0.2) is 53.5 Å². The third kappa shape index (κ3) is 2.81. The maximum Gasteiger partial charge on any atom is 0.308 e. The van der Waals surface area contributed by atoms with Crippen molar-refractivity contribution in [3.63, 3.8) is 0 Å². The SMILES string of the molecule is CC1Oc2ccccc2N(CC(=O)N2C[C@@H](C)[C@H](C(=O)O)C2)C1=O. The second-order valence-corrected chi connectivity index (χ2v) is 6.37. The fourth-order valence-corrected chi connectivity index (χ4v) is 3.25. The molecule has 2 heterocycles. The molecule has 1 aromatic carbocycles. The van der Waals surface area contributed by atoms with Gasteiger partial charge in [0, 0.05) is 13.1 Å². The number of ether oxygens (including phenoxy) is 1. The molecule has 0 saturated carbocycles. The van der Waals surface area contributed by atoms with E-state index in [1.165, 1.54) is 9.80 Å². The first kappa shape index (κ1) is 16.3. The van der Waals surface area contributed by atoms with Crippen LogP contribution in [0.2, 0.25) is 0 Å². The molecule has 7 heteroatoms. The Bertz CT molecular complexity index is 689. The van der Waals surface area contributed by atoms with Gasteiger partial charge >= 0.3 is 5.97 Å². The summed E-state index contributed by atoms with van der Waals surface area (Å²) in [5.74, 6) is -1.50. The van der Waals surface area contributed by atoms with Gasteiger partial charge in [-0.05, 0) is 25.0 Å². The molecule has 1 saturated heterocycles. The average molecular weight is 332 g/mol. The standard InChI is InChI=1S/C17H20N2O5/c1-10-7-18(8-12(10)17(22)23)15(20)9-19-13-5-3-4-6-14(13)24-11(2)16(19)21/h3-6,10-12H,7-9H2,1-2H3,(H,22,23)/t10-,11?,12-/m1/s1. The summed E-state index contributed by atoms with van der Waals surface area (Å²) >= 11 is 0. The smallest absolute Gasteiger partial charge is 0.308 e. The molecule has 0 aliphatic carbocycles. The topological polar surface area (TPSA) is 87.2 Å². The number of carboxylic acid groups (broad SMARTS) is 1. The number of aliphatic carboxylic acids is 1. The summed E-state index contributed by atoms with van der Waals surface area (Å²) in [6, 6.07) is 7.08. The van der Waals surface area contributed by atoms with Gasteiger partial charge in [0.1, 0.15) is 12.3 Å². The van der Waals surface area contributed by atoms with Crippen molar-refractivity contribution < 1.29 is 24.2 Å². The molecular formula is C17H20N2O5. The van der Waals surface area contributed by atoms with Crippen molar-refractivity contribution in [3.8, 4) is 5.75 Å².